The fourth-order valence-electron chi connectivity index (χ4n) is 35.0. The van der Waals surface area contributed by atoms with Gasteiger partial charge in [0, 0.05) is 0 Å². The van der Waals surface area contributed by atoms with Gasteiger partial charge in [0.2, 0.25) is 0 Å². The molecule has 20 rings (SSSR count). The average molecular weight is 1390 g/mol. The minimum atomic E-state index is -0.409. The van der Waals surface area contributed by atoms with Gasteiger partial charge >= 0.3 is 0 Å². The molecule has 5 saturated heterocycles. The second kappa shape index (κ2) is 21.4. The van der Waals surface area contributed by atoms with Crippen molar-refractivity contribution in [3.63, 3.8) is 0 Å². The molecule has 0 unspecified atom stereocenters. The number of rotatable bonds is 0. The SMILES string of the molecule is C[C@@H]1CC[C@H]2C(C)(C)[C@H]3C[C@@]12C[C@@H]1OC(C)(C)O[C@@]13C.C[C@@H]1CC[C@H]2C(C)(C)[C@H]3C[C@@]12C[C@@H]1OC(C)(C)O[C@]13C.C[C@@H]1CC[C@H]2C(C)(C)[C@H]3C[C@@]12C[C@H]1OC(C)(C)O[C@@]31C.C[C@@H]1CC[C@H]2C(C)(C)[C@H]3C[C@@]12C[C@H]1OC(C)(C)O[C@]31C.C[C@H]1CC[C@H]2C(C)(C)[C@H]3C[C@@]12C[C@@H]1OC(C)(C)O[C@@]13C. The predicted molar refractivity (Wildman–Crippen MR) is 396 cm³/mol. The Bertz CT molecular complexity index is 2760. The lowest BCUT2D eigenvalue weighted by atomic mass is 9.63. The van der Waals surface area contributed by atoms with Gasteiger partial charge in [-0.05, 0) is 375 Å². The van der Waals surface area contributed by atoms with Gasteiger partial charge in [0.05, 0.1) is 58.5 Å². The Morgan fingerprint density at radius 1 is 0.180 bits per heavy atom. The van der Waals surface area contributed by atoms with Crippen LogP contribution >= 0.6 is 0 Å². The summed E-state index contributed by atoms with van der Waals surface area (Å²) in [6.07, 6.45) is 28.5. The van der Waals surface area contributed by atoms with Crippen LogP contribution in [0.5, 0.6) is 0 Å². The van der Waals surface area contributed by atoms with Crippen LogP contribution in [-0.4, -0.2) is 87.5 Å². The van der Waals surface area contributed by atoms with E-state index in [0.29, 0.717) is 114 Å². The van der Waals surface area contributed by atoms with E-state index in [1.165, 1.54) is 128 Å². The van der Waals surface area contributed by atoms with E-state index in [4.69, 9.17) is 47.4 Å². The highest BCUT2D eigenvalue weighted by Gasteiger charge is 2.80. The molecule has 20 aliphatic rings. The molecule has 15 aliphatic carbocycles. The van der Waals surface area contributed by atoms with E-state index in [9.17, 15) is 0 Å². The molecule has 10 bridgehead atoms. The van der Waals surface area contributed by atoms with Crippen LogP contribution < -0.4 is 0 Å². The van der Waals surface area contributed by atoms with Crippen molar-refractivity contribution in [2.75, 3.05) is 0 Å². The summed E-state index contributed by atoms with van der Waals surface area (Å²) in [5, 5.41) is 0. The third-order valence-electron chi connectivity index (χ3n) is 38.7. The summed E-state index contributed by atoms with van der Waals surface area (Å²) in [7, 11) is 0. The van der Waals surface area contributed by atoms with Crippen LogP contribution in [0.15, 0.2) is 0 Å². The standard InChI is InChI=1S/5C18H30O2/c5*1-11-7-8-12-15(2,3)13-9-18(11,12)10-14-17(13,6)20-16(4,5)19-14/h5*11-14H,7-10H2,1-6H3/t11-,12+,13-,14+,17+,18-;11-,12+,13-,14+,17-,18-;11-,12+,13-,14-,17+,18-;11-,12+,13-,14-,17-,18-;11-,12-,13+,14-,17+,18+/m11110/s1. The summed E-state index contributed by atoms with van der Waals surface area (Å²) in [5.74, 6) is 9.78. The summed E-state index contributed by atoms with van der Waals surface area (Å²) in [5.41, 5.74) is 4.18. The molecule has 5 aliphatic heterocycles. The van der Waals surface area contributed by atoms with Crippen LogP contribution in [0.4, 0.5) is 0 Å². The molecule has 5 spiro atoms. The zero-order chi connectivity index (χ0) is 72.8. The van der Waals surface area contributed by atoms with Crippen LogP contribution in [-0.2, 0) is 47.4 Å². The highest BCUT2D eigenvalue weighted by molar-refractivity contribution is 5.27. The largest absolute Gasteiger partial charge is 0.344 e. The van der Waals surface area contributed by atoms with Gasteiger partial charge in [0.15, 0.2) is 28.9 Å². The maximum atomic E-state index is 6.48. The van der Waals surface area contributed by atoms with E-state index in [0.717, 1.165) is 59.2 Å². The van der Waals surface area contributed by atoms with Gasteiger partial charge in [0.1, 0.15) is 0 Å². The summed E-state index contributed by atoms with van der Waals surface area (Å²) in [6, 6.07) is 0. The molecule has 0 radical (unpaired) electrons. The first kappa shape index (κ1) is 73.7. The van der Waals surface area contributed by atoms with Crippen LogP contribution in [0.3, 0.4) is 0 Å². The molecule has 100 heavy (non-hydrogen) atoms. The quantitative estimate of drug-likeness (QED) is 0.233. The zero-order valence-electron chi connectivity index (χ0n) is 69.8. The Labute approximate surface area is 610 Å². The molecule has 15 saturated carbocycles. The zero-order valence-corrected chi connectivity index (χ0v) is 69.8. The van der Waals surface area contributed by atoms with Gasteiger partial charge in [0.25, 0.3) is 0 Å². The van der Waals surface area contributed by atoms with Gasteiger partial charge in [-0.2, -0.15) is 0 Å². The molecule has 0 aromatic carbocycles. The Hall–Kier alpha value is -0.400. The number of fused-ring (bicyclic) bond motifs is 15. The summed E-state index contributed by atoms with van der Waals surface area (Å²) in [6.45, 7) is 70.0. The Morgan fingerprint density at radius 3 is 0.460 bits per heavy atom. The van der Waals surface area contributed by atoms with E-state index in [1.807, 2.05) is 0 Å². The molecule has 0 N–H and O–H groups in total. The predicted octanol–water partition coefficient (Wildman–Crippen LogP) is 21.9. The van der Waals surface area contributed by atoms with E-state index in [2.05, 4.69) is 208 Å². The molecule has 10 nitrogen and oxygen atoms in total. The van der Waals surface area contributed by atoms with Crippen LogP contribution in [0, 0.1) is 143 Å². The normalized spacial score (nSPS) is 58.5. The monoisotopic (exact) mass is 1390 g/mol. The van der Waals surface area contributed by atoms with E-state index in [-0.39, 0.29) is 28.0 Å². The molecule has 570 valence electrons. The average Bonchev–Trinajstić information content (AvgIpc) is 1.54. The molecule has 0 aromatic heterocycles. The van der Waals surface area contributed by atoms with Crippen molar-refractivity contribution in [1.82, 2.24) is 0 Å². The molecule has 0 amide bonds. The molecular weight excluding hydrogens is 1240 g/mol. The minimum Gasteiger partial charge on any atom is -0.344 e. The Morgan fingerprint density at radius 2 is 0.320 bits per heavy atom. The van der Waals surface area contributed by atoms with Crippen molar-refractivity contribution in [1.29, 1.82) is 0 Å². The first-order chi connectivity index (χ1) is 45.6. The summed E-state index contributed by atoms with van der Waals surface area (Å²) in [4.78, 5) is 0. The molecule has 5 heterocycles. The smallest absolute Gasteiger partial charge is 0.164 e. The van der Waals surface area contributed by atoms with Crippen molar-refractivity contribution < 1.29 is 47.4 Å². The van der Waals surface area contributed by atoms with Crippen molar-refractivity contribution in [2.45, 2.75) is 424 Å². The lowest BCUT2D eigenvalue weighted by Crippen LogP contribution is -2.52. The second-order valence-corrected chi connectivity index (χ2v) is 46.7. The summed E-state index contributed by atoms with van der Waals surface area (Å²) < 4.78 is 64.2. The maximum absolute atomic E-state index is 6.48. The summed E-state index contributed by atoms with van der Waals surface area (Å²) >= 11 is 0. The topological polar surface area (TPSA) is 92.3 Å². The third kappa shape index (κ3) is 9.50. The molecule has 0 aromatic rings. The van der Waals surface area contributed by atoms with E-state index in [1.54, 1.807) is 0 Å². The first-order valence-electron chi connectivity index (χ1n) is 42.5. The minimum absolute atomic E-state index is 0.0810. The first-order valence-corrected chi connectivity index (χ1v) is 42.5. The van der Waals surface area contributed by atoms with Gasteiger partial charge in [-0.1, -0.05) is 104 Å². The van der Waals surface area contributed by atoms with Crippen LogP contribution in [0.2, 0.25) is 0 Å². The van der Waals surface area contributed by atoms with Gasteiger partial charge in [-0.25, -0.2) is 0 Å². The van der Waals surface area contributed by atoms with Crippen molar-refractivity contribution in [3.8, 4) is 0 Å². The van der Waals surface area contributed by atoms with Crippen molar-refractivity contribution in [3.05, 3.63) is 0 Å². The van der Waals surface area contributed by atoms with E-state index < -0.39 is 28.9 Å². The van der Waals surface area contributed by atoms with Gasteiger partial charge < -0.3 is 47.4 Å². The fraction of sp³-hybridized carbons (Fsp3) is 1.00. The highest BCUT2D eigenvalue weighted by atomic mass is 16.8. The lowest BCUT2D eigenvalue weighted by Gasteiger charge is -2.47. The second-order valence-electron chi connectivity index (χ2n) is 46.7. The van der Waals surface area contributed by atoms with Gasteiger partial charge in [-0.3, -0.25) is 0 Å². The molecular formula is C90H150O10. The fourth-order valence-corrected chi connectivity index (χ4v) is 35.0. The maximum Gasteiger partial charge on any atom is 0.164 e. The van der Waals surface area contributed by atoms with E-state index >= 15 is 0 Å². The lowest BCUT2D eigenvalue weighted by molar-refractivity contribution is -0.177. The number of ether oxygens (including phenoxy) is 10. The highest BCUT2D eigenvalue weighted by Crippen LogP contribution is 2.81. The van der Waals surface area contributed by atoms with Crippen LogP contribution in [0.1, 0.15) is 336 Å². The van der Waals surface area contributed by atoms with Crippen LogP contribution in [0.25, 0.3) is 0 Å². The third-order valence-corrected chi connectivity index (χ3v) is 38.7. The van der Waals surface area contributed by atoms with Crippen molar-refractivity contribution >= 4 is 0 Å². The number of hydrogen-bond donors (Lipinski definition) is 0. The Kier molecular flexibility index (Phi) is 15.8. The van der Waals surface area contributed by atoms with Gasteiger partial charge in [-0.15, -0.1) is 0 Å². The molecule has 10 heteroatoms. The van der Waals surface area contributed by atoms with Crippen molar-refractivity contribution in [2.24, 2.45) is 143 Å². The molecule has 30 atom stereocenters. The molecule has 20 fully saturated rings. The Balaban J connectivity index is 0.0000000972. The number of hydrogen-bond acceptors (Lipinski definition) is 10.